The Hall–Kier alpha value is -1.67. The summed E-state index contributed by atoms with van der Waals surface area (Å²) in [6, 6.07) is 2.91. The molecule has 1 aliphatic carbocycles. The number of rotatable bonds is 6. The minimum Gasteiger partial charge on any atom is -0.481 e. The van der Waals surface area contributed by atoms with E-state index in [0.717, 1.165) is 18.9 Å². The second-order valence-electron chi connectivity index (χ2n) is 4.87. The highest BCUT2D eigenvalue weighted by Crippen LogP contribution is 2.36. The number of benzene rings is 1. The van der Waals surface area contributed by atoms with Crippen LogP contribution < -0.4 is 10.5 Å². The van der Waals surface area contributed by atoms with Crippen molar-refractivity contribution in [1.29, 1.82) is 0 Å². The standard InChI is InChI=1S/C12H15FN2O4S/c13-9-5-8(20(14,18)19)3-4-10(9)15-11(6-12(16)17)7-1-2-7/h3-5,7,11,15H,1-2,6H2,(H,16,17)(H2,14,18,19). The molecule has 1 atom stereocenters. The van der Waals surface area contributed by atoms with Crippen LogP contribution in [0.2, 0.25) is 0 Å². The summed E-state index contributed by atoms with van der Waals surface area (Å²) < 4.78 is 36.0. The molecule has 0 saturated heterocycles. The minimum atomic E-state index is -3.96. The van der Waals surface area contributed by atoms with Gasteiger partial charge in [0.2, 0.25) is 10.0 Å². The van der Waals surface area contributed by atoms with Crippen LogP contribution >= 0.6 is 0 Å². The number of carboxylic acids is 1. The predicted octanol–water partition coefficient (Wildman–Crippen LogP) is 1.14. The quantitative estimate of drug-likeness (QED) is 0.730. The number of nitrogens with one attached hydrogen (secondary N) is 1. The van der Waals surface area contributed by atoms with E-state index in [9.17, 15) is 17.6 Å². The molecular formula is C12H15FN2O4S. The van der Waals surface area contributed by atoms with Gasteiger partial charge in [-0.3, -0.25) is 4.79 Å². The van der Waals surface area contributed by atoms with Crippen molar-refractivity contribution < 1.29 is 22.7 Å². The third-order valence-corrected chi connectivity index (χ3v) is 4.11. The lowest BCUT2D eigenvalue weighted by atomic mass is 10.1. The van der Waals surface area contributed by atoms with Crippen molar-refractivity contribution in [2.75, 3.05) is 5.32 Å². The van der Waals surface area contributed by atoms with Crippen LogP contribution in [0.1, 0.15) is 19.3 Å². The largest absolute Gasteiger partial charge is 0.481 e. The molecule has 1 fully saturated rings. The minimum absolute atomic E-state index is 0.0792. The maximum Gasteiger partial charge on any atom is 0.305 e. The first-order valence-corrected chi connectivity index (χ1v) is 7.62. The Kier molecular flexibility index (Phi) is 3.96. The number of anilines is 1. The van der Waals surface area contributed by atoms with Gasteiger partial charge in [-0.25, -0.2) is 17.9 Å². The highest BCUT2D eigenvalue weighted by molar-refractivity contribution is 7.89. The van der Waals surface area contributed by atoms with Gasteiger partial charge in [0, 0.05) is 6.04 Å². The van der Waals surface area contributed by atoms with Gasteiger partial charge in [0.15, 0.2) is 0 Å². The highest BCUT2D eigenvalue weighted by atomic mass is 32.2. The Balaban J connectivity index is 2.18. The first-order valence-electron chi connectivity index (χ1n) is 6.08. The van der Waals surface area contributed by atoms with E-state index in [-0.39, 0.29) is 29.0 Å². The molecule has 1 unspecified atom stereocenters. The summed E-state index contributed by atoms with van der Waals surface area (Å²) in [6.07, 6.45) is 1.70. The molecule has 0 aromatic heterocycles. The normalized spacial score (nSPS) is 16.7. The number of primary sulfonamides is 1. The average molecular weight is 302 g/mol. The van der Waals surface area contributed by atoms with Crippen LogP contribution in [0.4, 0.5) is 10.1 Å². The molecule has 20 heavy (non-hydrogen) atoms. The average Bonchev–Trinajstić information content (AvgIpc) is 3.12. The molecule has 8 heteroatoms. The van der Waals surface area contributed by atoms with E-state index in [1.54, 1.807) is 0 Å². The van der Waals surface area contributed by atoms with Crippen molar-refractivity contribution in [3.8, 4) is 0 Å². The molecule has 6 nitrogen and oxygen atoms in total. The van der Waals surface area contributed by atoms with Crippen LogP contribution in [-0.4, -0.2) is 25.5 Å². The molecule has 4 N–H and O–H groups in total. The first-order chi connectivity index (χ1) is 9.27. The third kappa shape index (κ3) is 3.67. The Morgan fingerprint density at radius 3 is 2.60 bits per heavy atom. The van der Waals surface area contributed by atoms with Gasteiger partial charge in [-0.1, -0.05) is 0 Å². The molecular weight excluding hydrogens is 287 g/mol. The number of aliphatic carboxylic acids is 1. The number of hydrogen-bond donors (Lipinski definition) is 3. The van der Waals surface area contributed by atoms with Crippen LogP contribution in [0.5, 0.6) is 0 Å². The fourth-order valence-electron chi connectivity index (χ4n) is 2.01. The fourth-order valence-corrected chi connectivity index (χ4v) is 2.54. The summed E-state index contributed by atoms with van der Waals surface area (Å²) in [5, 5.41) is 16.6. The Bertz CT molecular complexity index is 628. The number of hydrogen-bond acceptors (Lipinski definition) is 4. The molecule has 2 rings (SSSR count). The van der Waals surface area contributed by atoms with Gasteiger partial charge >= 0.3 is 5.97 Å². The van der Waals surface area contributed by atoms with E-state index >= 15 is 0 Å². The summed E-state index contributed by atoms with van der Waals surface area (Å²) >= 11 is 0. The van der Waals surface area contributed by atoms with Gasteiger partial charge < -0.3 is 10.4 Å². The van der Waals surface area contributed by atoms with Crippen LogP contribution in [0.15, 0.2) is 23.1 Å². The zero-order valence-corrected chi connectivity index (χ0v) is 11.4. The number of nitrogens with two attached hydrogens (primary N) is 1. The number of sulfonamides is 1. The number of carboxylic acid groups (broad SMARTS) is 1. The smallest absolute Gasteiger partial charge is 0.305 e. The van der Waals surface area contributed by atoms with E-state index in [4.69, 9.17) is 10.2 Å². The van der Waals surface area contributed by atoms with E-state index < -0.39 is 21.8 Å². The summed E-state index contributed by atoms with van der Waals surface area (Å²) in [5.41, 5.74) is 0.0792. The van der Waals surface area contributed by atoms with Crippen LogP contribution in [0.25, 0.3) is 0 Å². The molecule has 0 spiro atoms. The van der Waals surface area contributed by atoms with E-state index in [1.165, 1.54) is 12.1 Å². The van der Waals surface area contributed by atoms with Gasteiger partial charge in [0.05, 0.1) is 17.0 Å². The molecule has 1 aromatic rings. The highest BCUT2D eigenvalue weighted by Gasteiger charge is 2.33. The summed E-state index contributed by atoms with van der Waals surface area (Å²) in [5.74, 6) is -1.52. The summed E-state index contributed by atoms with van der Waals surface area (Å²) in [4.78, 5) is 10.5. The Morgan fingerprint density at radius 2 is 2.15 bits per heavy atom. The monoisotopic (exact) mass is 302 g/mol. The van der Waals surface area contributed by atoms with E-state index in [0.29, 0.717) is 0 Å². The summed E-state index contributed by atoms with van der Waals surface area (Å²) in [6.45, 7) is 0. The van der Waals surface area contributed by atoms with Crippen LogP contribution in [0.3, 0.4) is 0 Å². The summed E-state index contributed by atoms with van der Waals surface area (Å²) in [7, 11) is -3.96. The van der Waals surface area contributed by atoms with E-state index in [2.05, 4.69) is 5.32 Å². The molecule has 1 aliphatic rings. The predicted molar refractivity (Wildman–Crippen MR) is 70.2 cm³/mol. The second kappa shape index (κ2) is 5.37. The topological polar surface area (TPSA) is 109 Å². The SMILES string of the molecule is NS(=O)(=O)c1ccc(NC(CC(=O)O)C2CC2)c(F)c1. The van der Waals surface area contributed by atoms with Gasteiger partial charge in [-0.15, -0.1) is 0 Å². The molecule has 0 radical (unpaired) electrons. The lowest BCUT2D eigenvalue weighted by Crippen LogP contribution is -2.26. The lowest BCUT2D eigenvalue weighted by Gasteiger charge is -2.18. The fraction of sp³-hybridized carbons (Fsp3) is 0.417. The first kappa shape index (κ1) is 14.7. The second-order valence-corrected chi connectivity index (χ2v) is 6.43. The number of carbonyl (C=O) groups is 1. The third-order valence-electron chi connectivity index (χ3n) is 3.20. The zero-order chi connectivity index (χ0) is 14.9. The molecule has 0 aliphatic heterocycles. The molecule has 0 heterocycles. The van der Waals surface area contributed by atoms with Crippen molar-refractivity contribution in [1.82, 2.24) is 0 Å². The maximum atomic E-state index is 13.8. The number of halogens is 1. The van der Waals surface area contributed by atoms with Crippen molar-refractivity contribution in [3.05, 3.63) is 24.0 Å². The van der Waals surface area contributed by atoms with Crippen molar-refractivity contribution in [2.24, 2.45) is 11.1 Å². The maximum absolute atomic E-state index is 13.8. The molecule has 0 bridgehead atoms. The van der Waals surface area contributed by atoms with Crippen LogP contribution in [0, 0.1) is 11.7 Å². The molecule has 110 valence electrons. The van der Waals surface area contributed by atoms with Gasteiger partial charge in [0.1, 0.15) is 5.82 Å². The Morgan fingerprint density at radius 1 is 1.50 bits per heavy atom. The molecule has 0 amide bonds. The van der Waals surface area contributed by atoms with Crippen molar-refractivity contribution in [2.45, 2.75) is 30.2 Å². The lowest BCUT2D eigenvalue weighted by molar-refractivity contribution is -0.137. The molecule has 1 aromatic carbocycles. The van der Waals surface area contributed by atoms with Crippen LogP contribution in [-0.2, 0) is 14.8 Å². The van der Waals surface area contributed by atoms with Crippen molar-refractivity contribution >= 4 is 21.7 Å². The van der Waals surface area contributed by atoms with E-state index in [1.807, 2.05) is 0 Å². The van der Waals surface area contributed by atoms with Gasteiger partial charge in [-0.2, -0.15) is 0 Å². The van der Waals surface area contributed by atoms with Crippen molar-refractivity contribution in [3.63, 3.8) is 0 Å². The zero-order valence-electron chi connectivity index (χ0n) is 10.5. The Labute approximate surface area is 115 Å². The van der Waals surface area contributed by atoms with Gasteiger partial charge in [0.25, 0.3) is 0 Å². The molecule has 1 saturated carbocycles. The van der Waals surface area contributed by atoms with Gasteiger partial charge in [-0.05, 0) is 37.0 Å².